The van der Waals surface area contributed by atoms with E-state index in [4.69, 9.17) is 16.2 Å². The SMILES string of the molecule is COc1cc(C2CCN(C(C)C(N)=O)CC2)ccc1N. The van der Waals surface area contributed by atoms with Gasteiger partial charge in [0.2, 0.25) is 5.91 Å². The highest BCUT2D eigenvalue weighted by molar-refractivity contribution is 5.79. The zero-order valence-electron chi connectivity index (χ0n) is 12.1. The molecule has 4 N–H and O–H groups in total. The number of rotatable bonds is 4. The third kappa shape index (κ3) is 3.04. The predicted octanol–water partition coefficient (Wildman–Crippen LogP) is 1.33. The van der Waals surface area contributed by atoms with Crippen molar-refractivity contribution in [3.05, 3.63) is 23.8 Å². The lowest BCUT2D eigenvalue weighted by Gasteiger charge is -2.35. The molecule has 0 aliphatic carbocycles. The van der Waals surface area contributed by atoms with E-state index >= 15 is 0 Å². The number of ether oxygens (including phenoxy) is 1. The smallest absolute Gasteiger partial charge is 0.234 e. The zero-order chi connectivity index (χ0) is 14.7. The van der Waals surface area contributed by atoms with Gasteiger partial charge in [0.15, 0.2) is 0 Å². The first-order chi connectivity index (χ1) is 9.52. The van der Waals surface area contributed by atoms with Crippen LogP contribution < -0.4 is 16.2 Å². The molecule has 1 fully saturated rings. The van der Waals surface area contributed by atoms with Crippen molar-refractivity contribution in [2.24, 2.45) is 5.73 Å². The molecule has 0 radical (unpaired) electrons. The van der Waals surface area contributed by atoms with Crippen molar-refractivity contribution in [3.8, 4) is 5.75 Å². The van der Waals surface area contributed by atoms with E-state index < -0.39 is 0 Å². The summed E-state index contributed by atoms with van der Waals surface area (Å²) in [5.41, 5.74) is 13.1. The summed E-state index contributed by atoms with van der Waals surface area (Å²) in [6, 6.07) is 5.80. The van der Waals surface area contributed by atoms with Gasteiger partial charge < -0.3 is 16.2 Å². The van der Waals surface area contributed by atoms with Gasteiger partial charge >= 0.3 is 0 Å². The van der Waals surface area contributed by atoms with Crippen molar-refractivity contribution in [3.63, 3.8) is 0 Å². The van der Waals surface area contributed by atoms with E-state index in [2.05, 4.69) is 11.0 Å². The predicted molar refractivity (Wildman–Crippen MR) is 79.6 cm³/mol. The molecule has 110 valence electrons. The number of anilines is 1. The van der Waals surface area contributed by atoms with E-state index in [0.717, 1.165) is 31.7 Å². The van der Waals surface area contributed by atoms with Gasteiger partial charge in [-0.2, -0.15) is 0 Å². The lowest BCUT2D eigenvalue weighted by molar-refractivity contribution is -0.123. The Morgan fingerprint density at radius 1 is 1.40 bits per heavy atom. The molecule has 1 aromatic carbocycles. The van der Waals surface area contributed by atoms with Crippen LogP contribution in [-0.2, 0) is 4.79 Å². The van der Waals surface area contributed by atoms with Crippen LogP contribution in [0.5, 0.6) is 5.75 Å². The van der Waals surface area contributed by atoms with E-state index in [9.17, 15) is 4.79 Å². The number of piperidine rings is 1. The number of nitrogens with zero attached hydrogens (tertiary/aromatic N) is 1. The van der Waals surface area contributed by atoms with Crippen molar-refractivity contribution in [2.75, 3.05) is 25.9 Å². The number of nitrogens with two attached hydrogens (primary N) is 2. The van der Waals surface area contributed by atoms with Gasteiger partial charge in [0.25, 0.3) is 0 Å². The third-order valence-electron chi connectivity index (χ3n) is 4.22. The van der Waals surface area contributed by atoms with Crippen LogP contribution in [0.2, 0.25) is 0 Å². The second-order valence-corrected chi connectivity index (χ2v) is 5.39. The number of nitrogen functional groups attached to an aromatic ring is 1. The number of hydrogen-bond acceptors (Lipinski definition) is 4. The molecular formula is C15H23N3O2. The minimum absolute atomic E-state index is 0.183. The fraction of sp³-hybridized carbons (Fsp3) is 0.533. The molecule has 20 heavy (non-hydrogen) atoms. The normalized spacial score (nSPS) is 18.7. The number of primary amides is 1. The van der Waals surface area contributed by atoms with Gasteiger partial charge in [-0.05, 0) is 56.5 Å². The Hall–Kier alpha value is -1.75. The number of methoxy groups -OCH3 is 1. The molecule has 5 nitrogen and oxygen atoms in total. The minimum atomic E-state index is -0.252. The highest BCUT2D eigenvalue weighted by atomic mass is 16.5. The number of hydrogen-bond donors (Lipinski definition) is 2. The molecule has 1 amide bonds. The summed E-state index contributed by atoms with van der Waals surface area (Å²) in [4.78, 5) is 13.4. The van der Waals surface area contributed by atoms with Gasteiger partial charge in [-0.3, -0.25) is 9.69 Å². The fourth-order valence-corrected chi connectivity index (χ4v) is 2.78. The maximum absolute atomic E-state index is 11.2. The summed E-state index contributed by atoms with van der Waals surface area (Å²) in [7, 11) is 1.63. The summed E-state index contributed by atoms with van der Waals surface area (Å²) >= 11 is 0. The molecule has 1 aliphatic rings. The van der Waals surface area contributed by atoms with Crippen LogP contribution in [0.1, 0.15) is 31.2 Å². The molecule has 0 spiro atoms. The molecule has 0 saturated carbocycles. The van der Waals surface area contributed by atoms with E-state index in [0.29, 0.717) is 11.6 Å². The lowest BCUT2D eigenvalue weighted by atomic mass is 9.88. The van der Waals surface area contributed by atoms with Gasteiger partial charge in [0.05, 0.1) is 18.8 Å². The van der Waals surface area contributed by atoms with E-state index in [-0.39, 0.29) is 11.9 Å². The van der Waals surface area contributed by atoms with Crippen LogP contribution in [0.15, 0.2) is 18.2 Å². The molecule has 2 rings (SSSR count). The van der Waals surface area contributed by atoms with Crippen LogP contribution in [0.3, 0.4) is 0 Å². The number of amides is 1. The number of carbonyl (C=O) groups excluding carboxylic acids is 1. The quantitative estimate of drug-likeness (QED) is 0.814. The molecule has 0 bridgehead atoms. The molecular weight excluding hydrogens is 254 g/mol. The fourth-order valence-electron chi connectivity index (χ4n) is 2.78. The number of carbonyl (C=O) groups is 1. The monoisotopic (exact) mass is 277 g/mol. The number of likely N-dealkylation sites (tertiary alicyclic amines) is 1. The Kier molecular flexibility index (Phi) is 4.49. The molecule has 1 atom stereocenters. The molecule has 1 heterocycles. The van der Waals surface area contributed by atoms with Crippen molar-refractivity contribution in [2.45, 2.75) is 31.7 Å². The first kappa shape index (κ1) is 14.7. The molecule has 0 aromatic heterocycles. The van der Waals surface area contributed by atoms with Gasteiger partial charge in [-0.1, -0.05) is 6.07 Å². The van der Waals surface area contributed by atoms with Gasteiger partial charge in [0, 0.05) is 0 Å². The molecule has 1 aromatic rings. The van der Waals surface area contributed by atoms with Crippen molar-refractivity contribution < 1.29 is 9.53 Å². The van der Waals surface area contributed by atoms with Crippen molar-refractivity contribution >= 4 is 11.6 Å². The molecule has 5 heteroatoms. The maximum atomic E-state index is 11.2. The Bertz CT molecular complexity index is 482. The lowest BCUT2D eigenvalue weighted by Crippen LogP contribution is -2.46. The zero-order valence-corrected chi connectivity index (χ0v) is 12.1. The third-order valence-corrected chi connectivity index (χ3v) is 4.22. The molecule has 1 unspecified atom stereocenters. The second kappa shape index (κ2) is 6.13. The summed E-state index contributed by atoms with van der Waals surface area (Å²) in [5.74, 6) is 0.967. The Labute approximate surface area is 119 Å². The summed E-state index contributed by atoms with van der Waals surface area (Å²) in [6.45, 7) is 3.65. The average Bonchev–Trinajstić information content (AvgIpc) is 2.47. The average molecular weight is 277 g/mol. The maximum Gasteiger partial charge on any atom is 0.234 e. The van der Waals surface area contributed by atoms with Gasteiger partial charge in [-0.15, -0.1) is 0 Å². The highest BCUT2D eigenvalue weighted by Gasteiger charge is 2.26. The summed E-state index contributed by atoms with van der Waals surface area (Å²) in [5, 5.41) is 0. The van der Waals surface area contributed by atoms with Gasteiger partial charge in [-0.25, -0.2) is 0 Å². The first-order valence-electron chi connectivity index (χ1n) is 6.99. The Balaban J connectivity index is 2.02. The van der Waals surface area contributed by atoms with Crippen LogP contribution in [-0.4, -0.2) is 37.0 Å². The van der Waals surface area contributed by atoms with Gasteiger partial charge in [0.1, 0.15) is 5.75 Å². The first-order valence-corrected chi connectivity index (χ1v) is 6.99. The van der Waals surface area contributed by atoms with E-state index in [1.807, 2.05) is 19.1 Å². The Morgan fingerprint density at radius 3 is 2.60 bits per heavy atom. The van der Waals surface area contributed by atoms with Crippen LogP contribution in [0.4, 0.5) is 5.69 Å². The largest absolute Gasteiger partial charge is 0.495 e. The van der Waals surface area contributed by atoms with Crippen molar-refractivity contribution in [1.29, 1.82) is 0 Å². The molecule has 1 aliphatic heterocycles. The van der Waals surface area contributed by atoms with Crippen molar-refractivity contribution in [1.82, 2.24) is 4.90 Å². The number of benzene rings is 1. The Morgan fingerprint density at radius 2 is 2.05 bits per heavy atom. The van der Waals surface area contributed by atoms with Crippen LogP contribution >= 0.6 is 0 Å². The van der Waals surface area contributed by atoms with Crippen LogP contribution in [0, 0.1) is 0 Å². The van der Waals surface area contributed by atoms with E-state index in [1.54, 1.807) is 7.11 Å². The second-order valence-electron chi connectivity index (χ2n) is 5.39. The topological polar surface area (TPSA) is 81.6 Å². The highest BCUT2D eigenvalue weighted by Crippen LogP contribution is 2.32. The standard InChI is InChI=1S/C15H23N3O2/c1-10(15(17)19)18-7-5-11(6-8-18)12-3-4-13(16)14(9-12)20-2/h3-4,9-11H,5-8,16H2,1-2H3,(H2,17,19). The summed E-state index contributed by atoms with van der Waals surface area (Å²) < 4.78 is 5.27. The minimum Gasteiger partial charge on any atom is -0.495 e. The van der Waals surface area contributed by atoms with E-state index in [1.165, 1.54) is 5.56 Å². The summed E-state index contributed by atoms with van der Waals surface area (Å²) in [6.07, 6.45) is 2.04. The van der Waals surface area contributed by atoms with Crippen LogP contribution in [0.25, 0.3) is 0 Å². The molecule has 1 saturated heterocycles.